The number of nitrogens with one attached hydrogen (secondary N) is 1. The Hall–Kier alpha value is -1.80. The zero-order chi connectivity index (χ0) is 13.8. The molecular weight excluding hydrogens is 334 g/mol. The van der Waals surface area contributed by atoms with Gasteiger partial charge in [0.15, 0.2) is 5.69 Å². The summed E-state index contributed by atoms with van der Waals surface area (Å²) in [6.45, 7) is 0.191. The van der Waals surface area contributed by atoms with Gasteiger partial charge in [-0.2, -0.15) is 0 Å². The number of hydrogen-bond donors (Lipinski definition) is 2. The number of rotatable bonds is 4. The molecule has 2 N–H and O–H groups in total. The summed E-state index contributed by atoms with van der Waals surface area (Å²) in [5.41, 5.74) is 0.456. The van der Waals surface area contributed by atoms with Crippen molar-refractivity contribution in [3.05, 3.63) is 44.6 Å². The first-order valence-corrected chi connectivity index (χ1v) is 6.81. The van der Waals surface area contributed by atoms with Gasteiger partial charge >= 0.3 is 5.97 Å². The van der Waals surface area contributed by atoms with Gasteiger partial charge in [0.1, 0.15) is 9.61 Å². The van der Waals surface area contributed by atoms with Crippen LogP contribution in [-0.2, 0) is 6.54 Å². The molecule has 0 aliphatic heterocycles. The van der Waals surface area contributed by atoms with E-state index in [0.717, 1.165) is 0 Å². The molecule has 2 aromatic heterocycles. The van der Waals surface area contributed by atoms with E-state index in [-0.39, 0.29) is 18.1 Å². The summed E-state index contributed by atoms with van der Waals surface area (Å²) >= 11 is 4.37. The van der Waals surface area contributed by atoms with Crippen molar-refractivity contribution in [1.82, 2.24) is 15.3 Å². The number of carboxylic acids is 1. The molecule has 2 aromatic rings. The summed E-state index contributed by atoms with van der Waals surface area (Å²) in [7, 11) is 0. The second kappa shape index (κ2) is 5.89. The van der Waals surface area contributed by atoms with Gasteiger partial charge in [-0.15, -0.1) is 11.3 Å². The Kier molecular flexibility index (Phi) is 4.23. The molecule has 0 aliphatic rings. The maximum absolute atomic E-state index is 11.8. The van der Waals surface area contributed by atoms with E-state index in [1.54, 1.807) is 12.1 Å². The highest BCUT2D eigenvalue weighted by Gasteiger charge is 2.10. The summed E-state index contributed by atoms with van der Waals surface area (Å²) in [5, 5.41) is 13.4. The minimum absolute atomic E-state index is 0.0131. The van der Waals surface area contributed by atoms with Crippen LogP contribution in [0.15, 0.2) is 28.3 Å². The quantitative estimate of drug-likeness (QED) is 0.829. The molecule has 2 heterocycles. The van der Waals surface area contributed by atoms with Gasteiger partial charge < -0.3 is 10.4 Å². The van der Waals surface area contributed by atoms with E-state index in [4.69, 9.17) is 5.11 Å². The molecule has 98 valence electrons. The van der Waals surface area contributed by atoms with Crippen molar-refractivity contribution >= 4 is 39.1 Å². The lowest BCUT2D eigenvalue weighted by molar-refractivity contribution is 0.0691. The van der Waals surface area contributed by atoms with Crippen LogP contribution in [0.5, 0.6) is 0 Å². The van der Waals surface area contributed by atoms with Crippen molar-refractivity contribution < 1.29 is 14.7 Å². The fraction of sp³-hybridized carbons (Fsp3) is 0.0909. The number of nitrogens with zero attached hydrogens (tertiary/aromatic N) is 2. The van der Waals surface area contributed by atoms with Crippen LogP contribution in [-0.4, -0.2) is 27.0 Å². The third kappa shape index (κ3) is 3.58. The fourth-order valence-electron chi connectivity index (χ4n) is 1.29. The molecule has 0 aromatic carbocycles. The van der Waals surface area contributed by atoms with Gasteiger partial charge in [-0.3, -0.25) is 4.79 Å². The second-order valence-corrected chi connectivity index (χ2v) is 5.24. The maximum Gasteiger partial charge on any atom is 0.355 e. The van der Waals surface area contributed by atoms with Gasteiger partial charge in [0.25, 0.3) is 5.91 Å². The number of carbonyl (C=O) groups is 2. The molecule has 0 atom stereocenters. The highest BCUT2D eigenvalue weighted by Crippen LogP contribution is 2.11. The Morgan fingerprint density at radius 2 is 2.26 bits per heavy atom. The van der Waals surface area contributed by atoms with Crippen molar-refractivity contribution in [2.45, 2.75) is 6.54 Å². The third-order valence-corrected chi connectivity index (χ3v) is 3.44. The normalized spacial score (nSPS) is 10.2. The number of hydrogen-bond acceptors (Lipinski definition) is 5. The molecule has 0 unspecified atom stereocenters. The third-order valence-electron chi connectivity index (χ3n) is 2.16. The molecule has 0 radical (unpaired) electrons. The Morgan fingerprint density at radius 3 is 2.89 bits per heavy atom. The average Bonchev–Trinajstić information content (AvgIpc) is 2.85. The number of thiazole rings is 1. The lowest BCUT2D eigenvalue weighted by atomic mass is 10.2. The highest BCUT2D eigenvalue weighted by molar-refractivity contribution is 9.10. The van der Waals surface area contributed by atoms with Crippen molar-refractivity contribution in [2.24, 2.45) is 0 Å². The zero-order valence-corrected chi connectivity index (χ0v) is 11.9. The minimum atomic E-state index is -1.08. The van der Waals surface area contributed by atoms with E-state index in [2.05, 4.69) is 31.2 Å². The van der Waals surface area contributed by atoms with Crippen molar-refractivity contribution in [2.75, 3.05) is 0 Å². The van der Waals surface area contributed by atoms with E-state index in [9.17, 15) is 9.59 Å². The average molecular weight is 342 g/mol. The van der Waals surface area contributed by atoms with Crippen LogP contribution in [0.3, 0.4) is 0 Å². The van der Waals surface area contributed by atoms with Crippen LogP contribution in [0.1, 0.15) is 25.9 Å². The molecule has 1 amide bonds. The molecule has 6 nitrogen and oxygen atoms in total. The predicted octanol–water partition coefficient (Wildman–Crippen LogP) is 1.93. The summed E-state index contributed by atoms with van der Waals surface area (Å²) in [6.07, 6.45) is 1.52. The number of carboxylic acid groups (broad SMARTS) is 1. The first kappa shape index (κ1) is 13.6. The van der Waals surface area contributed by atoms with Crippen LogP contribution in [0.25, 0.3) is 0 Å². The van der Waals surface area contributed by atoms with Gasteiger partial charge in [-0.25, -0.2) is 14.8 Å². The Bertz CT molecular complexity index is 629. The molecule has 19 heavy (non-hydrogen) atoms. The summed E-state index contributed by atoms with van der Waals surface area (Å²) in [4.78, 5) is 30.3. The van der Waals surface area contributed by atoms with Crippen LogP contribution in [0.2, 0.25) is 0 Å². The van der Waals surface area contributed by atoms with Gasteiger partial charge in [-0.05, 0) is 28.1 Å². The molecule has 0 saturated heterocycles. The summed E-state index contributed by atoms with van der Waals surface area (Å²) < 4.78 is 0.572. The molecule has 0 bridgehead atoms. The smallest absolute Gasteiger partial charge is 0.355 e. The number of amides is 1. The van der Waals surface area contributed by atoms with Crippen LogP contribution < -0.4 is 5.32 Å². The number of pyridine rings is 1. The molecule has 2 rings (SSSR count). The van der Waals surface area contributed by atoms with E-state index in [1.807, 2.05) is 0 Å². The van der Waals surface area contributed by atoms with E-state index in [1.165, 1.54) is 22.9 Å². The first-order chi connectivity index (χ1) is 9.06. The molecule has 0 saturated carbocycles. The van der Waals surface area contributed by atoms with Crippen molar-refractivity contribution in [1.29, 1.82) is 0 Å². The van der Waals surface area contributed by atoms with Crippen LogP contribution in [0.4, 0.5) is 0 Å². The minimum Gasteiger partial charge on any atom is -0.476 e. The molecule has 0 aliphatic carbocycles. The van der Waals surface area contributed by atoms with Crippen molar-refractivity contribution in [3.63, 3.8) is 0 Å². The lowest BCUT2D eigenvalue weighted by Crippen LogP contribution is -2.22. The summed E-state index contributed by atoms with van der Waals surface area (Å²) in [5.74, 6) is -1.35. The van der Waals surface area contributed by atoms with Crippen LogP contribution in [0, 0.1) is 0 Å². The van der Waals surface area contributed by atoms with E-state index >= 15 is 0 Å². The predicted molar refractivity (Wildman–Crippen MR) is 72.2 cm³/mol. The Morgan fingerprint density at radius 1 is 1.47 bits per heavy atom. The first-order valence-electron chi connectivity index (χ1n) is 5.13. The molecular formula is C11H8BrN3O3S. The van der Waals surface area contributed by atoms with E-state index < -0.39 is 5.97 Å². The topological polar surface area (TPSA) is 92.2 Å². The number of carbonyl (C=O) groups excluding carboxylic acids is 1. The molecule has 0 spiro atoms. The van der Waals surface area contributed by atoms with Gasteiger partial charge in [0.05, 0.1) is 6.54 Å². The molecule has 0 fully saturated rings. The largest absolute Gasteiger partial charge is 0.476 e. The maximum atomic E-state index is 11.8. The van der Waals surface area contributed by atoms with Crippen LogP contribution >= 0.6 is 27.3 Å². The Labute approximate surface area is 120 Å². The SMILES string of the molecule is O=C(NCc1nc(C(=O)O)cs1)c1ccnc(Br)c1. The Balaban J connectivity index is 1.98. The molecule has 8 heteroatoms. The van der Waals surface area contributed by atoms with Gasteiger partial charge in [0, 0.05) is 17.1 Å². The van der Waals surface area contributed by atoms with Gasteiger partial charge in [-0.1, -0.05) is 0 Å². The number of aromatic nitrogens is 2. The monoisotopic (exact) mass is 341 g/mol. The number of halogens is 1. The van der Waals surface area contributed by atoms with Crippen molar-refractivity contribution in [3.8, 4) is 0 Å². The lowest BCUT2D eigenvalue weighted by Gasteiger charge is -2.02. The number of aromatic carboxylic acids is 1. The second-order valence-electron chi connectivity index (χ2n) is 3.48. The standard InChI is InChI=1S/C11H8BrN3O3S/c12-8-3-6(1-2-13-8)10(16)14-4-9-15-7(5-19-9)11(17)18/h1-3,5H,4H2,(H,14,16)(H,17,18). The fourth-order valence-corrected chi connectivity index (χ4v) is 2.36. The van der Waals surface area contributed by atoms with E-state index in [0.29, 0.717) is 15.2 Å². The van der Waals surface area contributed by atoms with Gasteiger partial charge in [0.2, 0.25) is 0 Å². The highest BCUT2D eigenvalue weighted by atomic mass is 79.9. The summed E-state index contributed by atoms with van der Waals surface area (Å²) in [6, 6.07) is 3.19. The zero-order valence-electron chi connectivity index (χ0n) is 9.46.